The maximum absolute atomic E-state index is 12.5. The highest BCUT2D eigenvalue weighted by atomic mass is 16.4. The van der Waals surface area contributed by atoms with Crippen LogP contribution in [0.4, 0.5) is 11.5 Å². The fourth-order valence-corrected chi connectivity index (χ4v) is 4.62. The number of nitrogens with zero attached hydrogens (tertiary/aromatic N) is 2. The molecule has 1 aliphatic carbocycles. The zero-order valence-corrected chi connectivity index (χ0v) is 19.5. The summed E-state index contributed by atoms with van der Waals surface area (Å²) in [5.74, 6) is 0.139. The molecular formula is C27H30N4O3. The first-order valence-electron chi connectivity index (χ1n) is 11.8. The number of carboxylic acid groups (broad SMARTS) is 1. The molecule has 0 radical (unpaired) electrons. The molecule has 2 heterocycles. The summed E-state index contributed by atoms with van der Waals surface area (Å²) in [5, 5.41) is 18.4. The summed E-state index contributed by atoms with van der Waals surface area (Å²) in [7, 11) is 0. The Kier molecular flexibility index (Phi) is 7.21. The van der Waals surface area contributed by atoms with Gasteiger partial charge in [0.05, 0.1) is 0 Å². The maximum Gasteiger partial charge on any atom is 0.326 e. The molecule has 1 aromatic carbocycles. The van der Waals surface area contributed by atoms with E-state index in [0.29, 0.717) is 19.3 Å². The van der Waals surface area contributed by atoms with Gasteiger partial charge in [-0.15, -0.1) is 0 Å². The molecule has 1 aliphatic rings. The van der Waals surface area contributed by atoms with Crippen LogP contribution in [0.15, 0.2) is 66.3 Å². The van der Waals surface area contributed by atoms with Crippen LogP contribution < -0.4 is 10.6 Å². The van der Waals surface area contributed by atoms with Crippen LogP contribution in [0, 0.1) is 5.92 Å². The minimum Gasteiger partial charge on any atom is -0.480 e. The summed E-state index contributed by atoms with van der Waals surface area (Å²) in [6, 6.07) is 10.7. The summed E-state index contributed by atoms with van der Waals surface area (Å²) < 4.78 is 0. The van der Waals surface area contributed by atoms with E-state index >= 15 is 0 Å². The zero-order valence-electron chi connectivity index (χ0n) is 19.5. The molecule has 0 aliphatic heterocycles. The molecule has 0 fully saturated rings. The molecule has 0 amide bonds. The molecule has 176 valence electrons. The minimum atomic E-state index is -0.925. The van der Waals surface area contributed by atoms with E-state index in [9.17, 15) is 14.7 Å². The van der Waals surface area contributed by atoms with Crippen LogP contribution in [0.3, 0.4) is 0 Å². The molecule has 7 nitrogen and oxygen atoms in total. The number of hydrogen-bond donors (Lipinski definition) is 3. The molecule has 0 bridgehead atoms. The van der Waals surface area contributed by atoms with Gasteiger partial charge in [-0.25, -0.2) is 9.78 Å². The lowest BCUT2D eigenvalue weighted by Gasteiger charge is -2.21. The Bertz CT molecular complexity index is 1210. The number of allylic oxidation sites excluding steroid dienone is 2. The van der Waals surface area contributed by atoms with Crippen LogP contribution in [0.25, 0.3) is 10.8 Å². The Morgan fingerprint density at radius 2 is 1.82 bits per heavy atom. The van der Waals surface area contributed by atoms with Gasteiger partial charge in [0, 0.05) is 59.2 Å². The van der Waals surface area contributed by atoms with Crippen molar-refractivity contribution >= 4 is 34.0 Å². The number of pyridine rings is 2. The van der Waals surface area contributed by atoms with Crippen molar-refractivity contribution in [2.45, 2.75) is 52.0 Å². The number of aliphatic carboxylic acids is 1. The second-order valence-corrected chi connectivity index (χ2v) is 8.65. The molecule has 4 rings (SSSR count). The van der Waals surface area contributed by atoms with Crippen LogP contribution in [0.5, 0.6) is 0 Å². The third-order valence-corrected chi connectivity index (χ3v) is 6.49. The zero-order chi connectivity index (χ0) is 24.1. The number of rotatable bonds is 10. The largest absolute Gasteiger partial charge is 0.480 e. The predicted molar refractivity (Wildman–Crippen MR) is 133 cm³/mol. The number of carboxylic acids is 1. The van der Waals surface area contributed by atoms with E-state index < -0.39 is 12.0 Å². The Hall–Kier alpha value is -3.74. The van der Waals surface area contributed by atoms with Gasteiger partial charge in [0.25, 0.3) is 0 Å². The summed E-state index contributed by atoms with van der Waals surface area (Å²) in [5.41, 5.74) is 3.37. The van der Waals surface area contributed by atoms with Crippen molar-refractivity contribution in [2.75, 3.05) is 5.32 Å². The third kappa shape index (κ3) is 5.09. The number of aromatic nitrogens is 2. The van der Waals surface area contributed by atoms with Gasteiger partial charge in [-0.05, 0) is 55.0 Å². The van der Waals surface area contributed by atoms with E-state index in [2.05, 4.69) is 34.4 Å². The van der Waals surface area contributed by atoms with Gasteiger partial charge in [0.2, 0.25) is 0 Å². The van der Waals surface area contributed by atoms with Crippen molar-refractivity contribution < 1.29 is 14.7 Å². The second-order valence-electron chi connectivity index (χ2n) is 8.65. The molecule has 34 heavy (non-hydrogen) atoms. The van der Waals surface area contributed by atoms with Crippen molar-refractivity contribution in [1.82, 2.24) is 15.3 Å². The van der Waals surface area contributed by atoms with E-state index in [1.807, 2.05) is 36.4 Å². The number of nitrogens with one attached hydrogen (secondary N) is 2. The van der Waals surface area contributed by atoms with Gasteiger partial charge < -0.3 is 15.7 Å². The number of carbonyl (C=O) groups is 2. The predicted octanol–water partition coefficient (Wildman–Crippen LogP) is 5.01. The van der Waals surface area contributed by atoms with Gasteiger partial charge in [-0.2, -0.15) is 0 Å². The van der Waals surface area contributed by atoms with Gasteiger partial charge >= 0.3 is 5.97 Å². The highest BCUT2D eigenvalue weighted by Gasteiger charge is 2.30. The Morgan fingerprint density at radius 3 is 2.53 bits per heavy atom. The lowest BCUT2D eigenvalue weighted by molar-refractivity contribution is -0.139. The minimum absolute atomic E-state index is 0.147. The van der Waals surface area contributed by atoms with Crippen molar-refractivity contribution in [2.24, 2.45) is 5.92 Å². The van der Waals surface area contributed by atoms with Crippen LogP contribution in [-0.2, 0) is 16.0 Å². The lowest BCUT2D eigenvalue weighted by atomic mass is 9.91. The standard InChI is InChI=1S/C27H30N4O3/c1-3-18(4-2)25-22(9-10-24(25)32)31-23(27(33)34)15-17-5-7-20(8-6-17)30-26-21-12-13-28-16-19(21)11-14-29-26/h5-8,11-14,16,18,23,31H,3-4,9-10,15H2,1-2H3,(H,29,30)(H,33,34). The maximum atomic E-state index is 12.5. The molecule has 0 saturated carbocycles. The molecule has 2 aromatic heterocycles. The molecule has 1 atom stereocenters. The van der Waals surface area contributed by atoms with E-state index in [1.165, 1.54) is 0 Å². The van der Waals surface area contributed by atoms with Crippen LogP contribution in [0.2, 0.25) is 0 Å². The lowest BCUT2D eigenvalue weighted by Crippen LogP contribution is -2.38. The summed E-state index contributed by atoms with van der Waals surface area (Å²) >= 11 is 0. The van der Waals surface area contributed by atoms with E-state index in [0.717, 1.165) is 52.0 Å². The topological polar surface area (TPSA) is 104 Å². The summed E-state index contributed by atoms with van der Waals surface area (Å²) in [6.07, 6.45) is 8.38. The number of carbonyl (C=O) groups excluding carboxylic acids is 1. The van der Waals surface area contributed by atoms with Gasteiger partial charge in [-0.3, -0.25) is 9.78 Å². The van der Waals surface area contributed by atoms with E-state index in [1.54, 1.807) is 18.6 Å². The summed E-state index contributed by atoms with van der Waals surface area (Å²) in [4.78, 5) is 33.1. The molecule has 3 N–H and O–H groups in total. The Labute approximate surface area is 199 Å². The first-order valence-corrected chi connectivity index (χ1v) is 11.8. The number of anilines is 2. The van der Waals surface area contributed by atoms with Crippen molar-refractivity contribution in [3.05, 3.63) is 71.8 Å². The van der Waals surface area contributed by atoms with E-state index in [4.69, 9.17) is 0 Å². The first-order chi connectivity index (χ1) is 16.5. The van der Waals surface area contributed by atoms with Crippen LogP contribution in [-0.4, -0.2) is 32.9 Å². The van der Waals surface area contributed by atoms with Gasteiger partial charge in [0.1, 0.15) is 11.9 Å². The monoisotopic (exact) mass is 458 g/mol. The van der Waals surface area contributed by atoms with Crippen molar-refractivity contribution in [3.63, 3.8) is 0 Å². The molecule has 7 heteroatoms. The molecular weight excluding hydrogens is 428 g/mol. The second kappa shape index (κ2) is 10.5. The average Bonchev–Trinajstić information content (AvgIpc) is 3.21. The normalized spacial score (nSPS) is 14.6. The number of Topliss-reactive ketones (excluding diaryl/α,β-unsaturated/α-hetero) is 1. The van der Waals surface area contributed by atoms with Crippen LogP contribution in [0.1, 0.15) is 45.1 Å². The van der Waals surface area contributed by atoms with Gasteiger partial charge in [0.15, 0.2) is 5.78 Å². The summed E-state index contributed by atoms with van der Waals surface area (Å²) in [6.45, 7) is 4.14. The smallest absolute Gasteiger partial charge is 0.326 e. The fourth-order valence-electron chi connectivity index (χ4n) is 4.62. The fraction of sp³-hybridized carbons (Fsp3) is 0.333. The third-order valence-electron chi connectivity index (χ3n) is 6.49. The van der Waals surface area contributed by atoms with Crippen LogP contribution >= 0.6 is 0 Å². The molecule has 1 unspecified atom stereocenters. The van der Waals surface area contributed by atoms with Gasteiger partial charge in [-0.1, -0.05) is 26.0 Å². The number of hydrogen-bond acceptors (Lipinski definition) is 6. The number of ketones is 1. The Morgan fingerprint density at radius 1 is 1.06 bits per heavy atom. The molecule has 0 saturated heterocycles. The highest BCUT2D eigenvalue weighted by molar-refractivity contribution is 5.99. The molecule has 0 spiro atoms. The number of fused-ring (bicyclic) bond motifs is 1. The van der Waals surface area contributed by atoms with Crippen molar-refractivity contribution in [1.29, 1.82) is 0 Å². The average molecular weight is 459 g/mol. The SMILES string of the molecule is CCC(CC)C1=C(NC(Cc2ccc(Nc3nccc4cnccc34)cc2)C(=O)O)CCC1=O. The van der Waals surface area contributed by atoms with E-state index in [-0.39, 0.29) is 11.7 Å². The number of benzene rings is 1. The molecule has 3 aromatic rings. The first kappa shape index (κ1) is 23.4. The highest BCUT2D eigenvalue weighted by Crippen LogP contribution is 2.31. The Balaban J connectivity index is 1.48. The van der Waals surface area contributed by atoms with Crippen molar-refractivity contribution in [3.8, 4) is 0 Å². The quantitative estimate of drug-likeness (QED) is 0.392.